The first-order chi connectivity index (χ1) is 10.6. The third kappa shape index (κ3) is 4.30. The number of benzene rings is 1. The number of anilines is 1. The average molecular weight is 367 g/mol. The minimum atomic E-state index is -4.69. The summed E-state index contributed by atoms with van der Waals surface area (Å²) in [6, 6.07) is 5.65. The number of sulfonamides is 1. The predicted octanol–water partition coefficient (Wildman–Crippen LogP) is 2.41. The molecule has 0 atom stereocenters. The molecule has 0 saturated heterocycles. The van der Waals surface area contributed by atoms with E-state index in [1.807, 2.05) is 0 Å². The molecule has 0 amide bonds. The van der Waals surface area contributed by atoms with Crippen LogP contribution in [-0.4, -0.2) is 18.4 Å². The zero-order chi connectivity index (χ0) is 17.3. The van der Waals surface area contributed by atoms with Crippen LogP contribution < -0.4 is 10.5 Å². The molecule has 0 bridgehead atoms. The van der Waals surface area contributed by atoms with Crippen molar-refractivity contribution in [2.75, 3.05) is 5.32 Å². The van der Waals surface area contributed by atoms with Gasteiger partial charge in [0.15, 0.2) is 0 Å². The normalized spacial score (nSPS) is 12.2. The molecule has 0 radical (unpaired) electrons. The average Bonchev–Trinajstić information content (AvgIpc) is 2.43. The fraction of sp³-hybridized carbons (Fsp3) is 0.167. The van der Waals surface area contributed by atoms with Gasteiger partial charge in [0.2, 0.25) is 15.3 Å². The maximum Gasteiger partial charge on any atom is 0.421 e. The van der Waals surface area contributed by atoms with Crippen LogP contribution >= 0.6 is 11.6 Å². The number of nitrogens with one attached hydrogen (secondary N) is 1. The van der Waals surface area contributed by atoms with Gasteiger partial charge in [-0.05, 0) is 23.2 Å². The third-order valence-corrected chi connectivity index (χ3v) is 3.98. The standard InChI is InChI=1S/C12H10ClF3N4O2S/c13-11-19-6-8(12(14,15)16)10(20-11)18-5-7-3-1-2-4-9(7)23(17,21)22/h1-4,6H,5H2,(H2,17,21,22)(H,18,19,20). The van der Waals surface area contributed by atoms with Gasteiger partial charge in [-0.15, -0.1) is 0 Å². The Bertz CT molecular complexity index is 827. The van der Waals surface area contributed by atoms with Gasteiger partial charge in [0.05, 0.1) is 4.90 Å². The van der Waals surface area contributed by atoms with E-state index >= 15 is 0 Å². The Morgan fingerprint density at radius 3 is 2.52 bits per heavy atom. The SMILES string of the molecule is NS(=O)(=O)c1ccccc1CNc1nc(Cl)ncc1C(F)(F)F. The van der Waals surface area contributed by atoms with Crippen molar-refractivity contribution in [1.29, 1.82) is 0 Å². The molecular formula is C12H10ClF3N4O2S. The molecule has 0 spiro atoms. The smallest absolute Gasteiger partial charge is 0.365 e. The van der Waals surface area contributed by atoms with Crippen LogP contribution in [0.15, 0.2) is 35.4 Å². The van der Waals surface area contributed by atoms with Gasteiger partial charge in [0, 0.05) is 12.7 Å². The zero-order valence-electron chi connectivity index (χ0n) is 11.3. The zero-order valence-corrected chi connectivity index (χ0v) is 12.9. The Morgan fingerprint density at radius 2 is 1.91 bits per heavy atom. The molecule has 2 aromatic rings. The van der Waals surface area contributed by atoms with E-state index in [0.29, 0.717) is 6.20 Å². The summed E-state index contributed by atoms with van der Waals surface area (Å²) in [7, 11) is -4.01. The van der Waals surface area contributed by atoms with E-state index < -0.39 is 27.6 Å². The van der Waals surface area contributed by atoms with Crippen LogP contribution in [-0.2, 0) is 22.7 Å². The summed E-state index contributed by atoms with van der Waals surface area (Å²) in [5.41, 5.74) is -0.923. The van der Waals surface area contributed by atoms with Crippen LogP contribution in [0.2, 0.25) is 5.28 Å². The van der Waals surface area contributed by atoms with Gasteiger partial charge in [0.25, 0.3) is 0 Å². The van der Waals surface area contributed by atoms with Crippen LogP contribution in [0.4, 0.5) is 19.0 Å². The number of alkyl halides is 3. The summed E-state index contributed by atoms with van der Waals surface area (Å²) >= 11 is 5.51. The molecule has 11 heteroatoms. The van der Waals surface area contributed by atoms with Crippen LogP contribution in [0, 0.1) is 0 Å². The molecule has 1 aromatic heterocycles. The highest BCUT2D eigenvalue weighted by atomic mass is 35.5. The van der Waals surface area contributed by atoms with Crippen LogP contribution in [0.25, 0.3) is 0 Å². The molecule has 6 nitrogen and oxygen atoms in total. The van der Waals surface area contributed by atoms with Crippen molar-refractivity contribution < 1.29 is 21.6 Å². The van der Waals surface area contributed by atoms with Crippen LogP contribution in [0.5, 0.6) is 0 Å². The Hall–Kier alpha value is -1.91. The maximum atomic E-state index is 12.9. The number of aromatic nitrogens is 2. The van der Waals surface area contributed by atoms with Gasteiger partial charge >= 0.3 is 6.18 Å². The number of halogens is 4. The largest absolute Gasteiger partial charge is 0.421 e. The highest BCUT2D eigenvalue weighted by Gasteiger charge is 2.35. The molecule has 2 rings (SSSR count). The molecular weight excluding hydrogens is 357 g/mol. The van der Waals surface area contributed by atoms with Gasteiger partial charge in [0.1, 0.15) is 11.4 Å². The Kier molecular flexibility index (Phi) is 4.78. The second kappa shape index (κ2) is 6.30. The molecule has 124 valence electrons. The van der Waals surface area contributed by atoms with E-state index in [4.69, 9.17) is 16.7 Å². The van der Waals surface area contributed by atoms with Crippen molar-refractivity contribution in [3.63, 3.8) is 0 Å². The lowest BCUT2D eigenvalue weighted by atomic mass is 10.2. The lowest BCUT2D eigenvalue weighted by Crippen LogP contribution is -2.17. The first-order valence-electron chi connectivity index (χ1n) is 6.03. The molecule has 0 aliphatic heterocycles. The number of rotatable bonds is 4. The molecule has 0 aliphatic rings. The molecule has 3 N–H and O–H groups in total. The molecule has 23 heavy (non-hydrogen) atoms. The quantitative estimate of drug-likeness (QED) is 0.810. The molecule has 1 aromatic carbocycles. The number of primary sulfonamides is 1. The van der Waals surface area contributed by atoms with E-state index in [2.05, 4.69) is 15.3 Å². The van der Waals surface area contributed by atoms with Gasteiger partial charge in [-0.2, -0.15) is 13.2 Å². The van der Waals surface area contributed by atoms with Gasteiger partial charge in [-0.25, -0.2) is 23.5 Å². The summed E-state index contributed by atoms with van der Waals surface area (Å²) in [4.78, 5) is 6.59. The van der Waals surface area contributed by atoms with Crippen molar-refractivity contribution in [3.8, 4) is 0 Å². The minimum Gasteiger partial charge on any atom is -0.365 e. The van der Waals surface area contributed by atoms with E-state index in [0.717, 1.165) is 0 Å². The van der Waals surface area contributed by atoms with Crippen molar-refractivity contribution in [2.24, 2.45) is 5.14 Å². The van der Waals surface area contributed by atoms with Crippen molar-refractivity contribution >= 4 is 27.4 Å². The first-order valence-corrected chi connectivity index (χ1v) is 7.96. The summed E-state index contributed by atoms with van der Waals surface area (Å²) in [5.74, 6) is -0.554. The lowest BCUT2D eigenvalue weighted by Gasteiger charge is -2.14. The monoisotopic (exact) mass is 366 g/mol. The summed E-state index contributed by atoms with van der Waals surface area (Å²) < 4.78 is 61.6. The highest BCUT2D eigenvalue weighted by Crippen LogP contribution is 2.34. The van der Waals surface area contributed by atoms with Gasteiger partial charge in [-0.3, -0.25) is 0 Å². The fourth-order valence-electron chi connectivity index (χ4n) is 1.81. The number of hydrogen-bond donors (Lipinski definition) is 2. The fourth-order valence-corrected chi connectivity index (χ4v) is 2.72. The summed E-state index contributed by atoms with van der Waals surface area (Å²) in [5, 5.41) is 7.11. The third-order valence-electron chi connectivity index (χ3n) is 2.79. The van der Waals surface area contributed by atoms with E-state index in [1.165, 1.54) is 24.3 Å². The molecule has 0 fully saturated rings. The minimum absolute atomic E-state index is 0.192. The van der Waals surface area contributed by atoms with Crippen molar-refractivity contribution in [1.82, 2.24) is 9.97 Å². The van der Waals surface area contributed by atoms with Crippen LogP contribution in [0.1, 0.15) is 11.1 Å². The van der Waals surface area contributed by atoms with E-state index in [-0.39, 0.29) is 22.3 Å². The van der Waals surface area contributed by atoms with Crippen molar-refractivity contribution in [2.45, 2.75) is 17.6 Å². The molecule has 0 saturated carbocycles. The Balaban J connectivity index is 2.35. The van der Waals surface area contributed by atoms with Gasteiger partial charge < -0.3 is 5.32 Å². The maximum absolute atomic E-state index is 12.9. The number of nitrogens with two attached hydrogens (primary N) is 1. The molecule has 0 aliphatic carbocycles. The highest BCUT2D eigenvalue weighted by molar-refractivity contribution is 7.89. The second-order valence-corrected chi connectivity index (χ2v) is 6.27. The van der Waals surface area contributed by atoms with Crippen molar-refractivity contribution in [3.05, 3.63) is 46.9 Å². The van der Waals surface area contributed by atoms with E-state index in [1.54, 1.807) is 0 Å². The second-order valence-electron chi connectivity index (χ2n) is 4.41. The molecule has 1 heterocycles. The molecule has 0 unspecified atom stereocenters. The Labute approximate surface area is 134 Å². The summed E-state index contributed by atoms with van der Waals surface area (Å²) in [6.07, 6.45) is -4.14. The summed E-state index contributed by atoms with van der Waals surface area (Å²) in [6.45, 7) is -0.247. The van der Waals surface area contributed by atoms with Gasteiger partial charge in [-0.1, -0.05) is 18.2 Å². The number of hydrogen-bond acceptors (Lipinski definition) is 5. The topological polar surface area (TPSA) is 98.0 Å². The lowest BCUT2D eigenvalue weighted by molar-refractivity contribution is -0.137. The first kappa shape index (κ1) is 17.4. The van der Waals surface area contributed by atoms with Crippen LogP contribution in [0.3, 0.4) is 0 Å². The predicted molar refractivity (Wildman–Crippen MR) is 77.2 cm³/mol. The Morgan fingerprint density at radius 1 is 1.26 bits per heavy atom. The number of nitrogens with zero attached hydrogens (tertiary/aromatic N) is 2. The van der Waals surface area contributed by atoms with E-state index in [9.17, 15) is 21.6 Å².